The quantitative estimate of drug-likeness (QED) is 0.861. The van der Waals surface area contributed by atoms with Crippen LogP contribution in [-0.4, -0.2) is 47.2 Å². The molecular formula is C18H20N4O2. The third-order valence-corrected chi connectivity index (χ3v) is 4.97. The van der Waals surface area contributed by atoms with E-state index in [0.29, 0.717) is 5.88 Å². The van der Waals surface area contributed by atoms with Gasteiger partial charge in [-0.3, -0.25) is 4.98 Å². The van der Waals surface area contributed by atoms with E-state index in [1.54, 1.807) is 13.3 Å². The van der Waals surface area contributed by atoms with Crippen molar-refractivity contribution in [1.82, 2.24) is 19.9 Å². The molecule has 0 aliphatic carbocycles. The monoisotopic (exact) mass is 324 g/mol. The first kappa shape index (κ1) is 14.9. The number of fused-ring (bicyclic) bond motifs is 2. The molecule has 0 radical (unpaired) electrons. The lowest BCUT2D eigenvalue weighted by Crippen LogP contribution is -2.31. The summed E-state index contributed by atoms with van der Waals surface area (Å²) >= 11 is 0. The van der Waals surface area contributed by atoms with Gasteiger partial charge in [-0.1, -0.05) is 12.1 Å². The van der Waals surface area contributed by atoms with Crippen LogP contribution in [0.25, 0.3) is 11.3 Å². The van der Waals surface area contributed by atoms with Gasteiger partial charge in [-0.25, -0.2) is 4.98 Å². The Morgan fingerprint density at radius 3 is 2.79 bits per heavy atom. The standard InChI is InChI=1S/C18H20N4O2/c1-23-16-14(11-20-17(21-16)24-2)15-5-4-13(10-19-15)18-6-3-8-22(12-18)9-7-18/h3-5,8,10-11H,6-7,9,12H2,1-2H3. The van der Waals surface area contributed by atoms with Gasteiger partial charge in [0.15, 0.2) is 0 Å². The molecule has 6 nitrogen and oxygen atoms in total. The first-order valence-electron chi connectivity index (χ1n) is 8.07. The topological polar surface area (TPSA) is 60.4 Å². The fourth-order valence-corrected chi connectivity index (χ4v) is 3.63. The van der Waals surface area contributed by atoms with Crippen molar-refractivity contribution in [2.24, 2.45) is 0 Å². The van der Waals surface area contributed by atoms with E-state index >= 15 is 0 Å². The van der Waals surface area contributed by atoms with Crippen LogP contribution in [0.15, 0.2) is 36.8 Å². The molecule has 2 aromatic heterocycles. The van der Waals surface area contributed by atoms with Crippen molar-refractivity contribution < 1.29 is 9.47 Å². The molecule has 1 saturated heterocycles. The van der Waals surface area contributed by atoms with Crippen molar-refractivity contribution in [2.75, 3.05) is 27.3 Å². The van der Waals surface area contributed by atoms with E-state index in [1.165, 1.54) is 19.1 Å². The number of rotatable bonds is 4. The zero-order valence-electron chi connectivity index (χ0n) is 13.9. The largest absolute Gasteiger partial charge is 0.480 e. The molecule has 124 valence electrons. The van der Waals surface area contributed by atoms with Gasteiger partial charge in [0.1, 0.15) is 0 Å². The Hall–Kier alpha value is -2.63. The van der Waals surface area contributed by atoms with E-state index in [0.717, 1.165) is 30.8 Å². The summed E-state index contributed by atoms with van der Waals surface area (Å²) in [5.41, 5.74) is 3.07. The zero-order valence-corrected chi connectivity index (χ0v) is 13.9. The van der Waals surface area contributed by atoms with Crippen LogP contribution in [0.1, 0.15) is 18.4 Å². The van der Waals surface area contributed by atoms with Crippen LogP contribution in [0.2, 0.25) is 0 Å². The molecule has 0 N–H and O–H groups in total. The van der Waals surface area contributed by atoms with Gasteiger partial charge in [-0.15, -0.1) is 0 Å². The van der Waals surface area contributed by atoms with Crippen LogP contribution in [0.4, 0.5) is 0 Å². The summed E-state index contributed by atoms with van der Waals surface area (Å²) in [4.78, 5) is 15.4. The molecular weight excluding hydrogens is 304 g/mol. The molecule has 2 aromatic rings. The average Bonchev–Trinajstić information content (AvgIpc) is 2.96. The van der Waals surface area contributed by atoms with Crippen LogP contribution in [0, 0.1) is 0 Å². The van der Waals surface area contributed by atoms with Crippen molar-refractivity contribution in [2.45, 2.75) is 18.3 Å². The van der Waals surface area contributed by atoms with Crippen molar-refractivity contribution >= 4 is 0 Å². The van der Waals surface area contributed by atoms with Crippen molar-refractivity contribution in [3.63, 3.8) is 0 Å². The highest BCUT2D eigenvalue weighted by Crippen LogP contribution is 2.41. The number of hydrogen-bond donors (Lipinski definition) is 0. The summed E-state index contributed by atoms with van der Waals surface area (Å²) in [6.45, 7) is 2.21. The minimum atomic E-state index is 0.209. The summed E-state index contributed by atoms with van der Waals surface area (Å²) in [5, 5.41) is 0. The Morgan fingerprint density at radius 1 is 1.12 bits per heavy atom. The minimum absolute atomic E-state index is 0.209. The summed E-state index contributed by atoms with van der Waals surface area (Å²) in [7, 11) is 3.12. The number of methoxy groups -OCH3 is 2. The summed E-state index contributed by atoms with van der Waals surface area (Å²) < 4.78 is 10.4. The normalized spacial score (nSPS) is 21.8. The predicted molar refractivity (Wildman–Crippen MR) is 90.0 cm³/mol. The molecule has 1 fully saturated rings. The third-order valence-electron chi connectivity index (χ3n) is 4.97. The summed E-state index contributed by atoms with van der Waals surface area (Å²) in [5.74, 6) is 0.466. The summed E-state index contributed by atoms with van der Waals surface area (Å²) in [6.07, 6.45) is 10.4. The number of ether oxygens (including phenoxy) is 2. The highest BCUT2D eigenvalue weighted by atomic mass is 16.5. The fraction of sp³-hybridized carbons (Fsp3) is 0.389. The molecule has 24 heavy (non-hydrogen) atoms. The van der Waals surface area contributed by atoms with Crippen LogP contribution in [0.5, 0.6) is 11.9 Å². The molecule has 2 aliphatic rings. The van der Waals surface area contributed by atoms with E-state index < -0.39 is 0 Å². The number of pyridine rings is 1. The molecule has 1 unspecified atom stereocenters. The maximum Gasteiger partial charge on any atom is 0.319 e. The molecule has 0 saturated carbocycles. The van der Waals surface area contributed by atoms with E-state index in [4.69, 9.17) is 9.47 Å². The second kappa shape index (κ2) is 5.78. The molecule has 2 bridgehead atoms. The number of hydrogen-bond acceptors (Lipinski definition) is 6. The lowest BCUT2D eigenvalue weighted by Gasteiger charge is -2.31. The second-order valence-electron chi connectivity index (χ2n) is 6.30. The van der Waals surface area contributed by atoms with Gasteiger partial charge in [-0.2, -0.15) is 4.98 Å². The van der Waals surface area contributed by atoms with Crippen LogP contribution in [0.3, 0.4) is 0 Å². The lowest BCUT2D eigenvalue weighted by atomic mass is 9.77. The number of aromatic nitrogens is 3. The van der Waals surface area contributed by atoms with Crippen LogP contribution >= 0.6 is 0 Å². The highest BCUT2D eigenvalue weighted by Gasteiger charge is 2.40. The Morgan fingerprint density at radius 2 is 2.04 bits per heavy atom. The van der Waals surface area contributed by atoms with Crippen molar-refractivity contribution in [3.05, 3.63) is 42.4 Å². The van der Waals surface area contributed by atoms with Gasteiger partial charge in [0, 0.05) is 30.9 Å². The van der Waals surface area contributed by atoms with Gasteiger partial charge >= 0.3 is 6.01 Å². The Balaban J connectivity index is 1.66. The molecule has 2 aliphatic heterocycles. The highest BCUT2D eigenvalue weighted by molar-refractivity contribution is 5.64. The van der Waals surface area contributed by atoms with Gasteiger partial charge < -0.3 is 14.4 Å². The van der Waals surface area contributed by atoms with E-state index in [-0.39, 0.29) is 11.4 Å². The molecule has 6 heteroatoms. The first-order chi connectivity index (χ1) is 11.7. The van der Waals surface area contributed by atoms with Crippen LogP contribution in [-0.2, 0) is 5.41 Å². The third kappa shape index (κ3) is 2.38. The SMILES string of the molecule is COc1ncc(-c2ccc(C34CC=CN(CC3)C4)cn2)c(OC)n1. The first-order valence-corrected chi connectivity index (χ1v) is 8.07. The minimum Gasteiger partial charge on any atom is -0.480 e. The maximum absolute atomic E-state index is 5.35. The maximum atomic E-state index is 5.35. The predicted octanol–water partition coefficient (Wildman–Crippen LogP) is 2.42. The van der Waals surface area contributed by atoms with Gasteiger partial charge in [0.05, 0.1) is 25.5 Å². The van der Waals surface area contributed by atoms with Crippen LogP contribution < -0.4 is 9.47 Å². The number of allylic oxidation sites excluding steroid dienone is 1. The Kier molecular flexibility index (Phi) is 3.59. The summed E-state index contributed by atoms with van der Waals surface area (Å²) in [6, 6.07) is 4.49. The fourth-order valence-electron chi connectivity index (χ4n) is 3.63. The molecule has 1 atom stereocenters. The smallest absolute Gasteiger partial charge is 0.319 e. The van der Waals surface area contributed by atoms with Gasteiger partial charge in [0.25, 0.3) is 0 Å². The lowest BCUT2D eigenvalue weighted by molar-refractivity contribution is 0.353. The second-order valence-corrected chi connectivity index (χ2v) is 6.30. The van der Waals surface area contributed by atoms with E-state index in [9.17, 15) is 0 Å². The zero-order chi connectivity index (χ0) is 16.6. The Labute approximate surface area is 141 Å². The van der Waals surface area contributed by atoms with Gasteiger partial charge in [-0.05, 0) is 30.7 Å². The van der Waals surface area contributed by atoms with E-state index in [1.807, 2.05) is 12.3 Å². The Bertz CT molecular complexity index is 775. The van der Waals surface area contributed by atoms with Gasteiger partial charge in [0.2, 0.25) is 5.88 Å². The van der Waals surface area contributed by atoms with Crippen molar-refractivity contribution in [3.8, 4) is 23.1 Å². The molecule has 0 aromatic carbocycles. The molecule has 4 rings (SSSR count). The van der Waals surface area contributed by atoms with E-state index in [2.05, 4.69) is 38.2 Å². The van der Waals surface area contributed by atoms with Crippen molar-refractivity contribution in [1.29, 1.82) is 0 Å². The average molecular weight is 324 g/mol. The number of nitrogens with zero attached hydrogens (tertiary/aromatic N) is 4. The molecule has 0 amide bonds. The molecule has 0 spiro atoms. The molecule has 4 heterocycles.